The molecule has 0 spiro atoms. The topological polar surface area (TPSA) is 127 Å². The fourth-order valence-corrected chi connectivity index (χ4v) is 4.20. The van der Waals surface area contributed by atoms with Gasteiger partial charge in [-0.1, -0.05) is 48.5 Å². The lowest BCUT2D eigenvalue weighted by molar-refractivity contribution is -0.146. The van der Waals surface area contributed by atoms with Crippen molar-refractivity contribution in [1.29, 1.82) is 0 Å². The quantitative estimate of drug-likeness (QED) is 0.389. The van der Waals surface area contributed by atoms with Crippen molar-refractivity contribution in [2.24, 2.45) is 11.1 Å². The number of hydrogen-bond acceptors (Lipinski definition) is 5. The number of amides is 1. The first kappa shape index (κ1) is 23.2. The van der Waals surface area contributed by atoms with Crippen LogP contribution >= 0.6 is 0 Å². The number of carbonyl (C=O) groups excluding carboxylic acids is 2. The van der Waals surface area contributed by atoms with Gasteiger partial charge < -0.3 is 21.5 Å². The molecule has 2 atom stereocenters. The normalized spacial score (nSPS) is 20.7. The van der Waals surface area contributed by atoms with E-state index >= 15 is 0 Å². The van der Waals surface area contributed by atoms with Crippen molar-refractivity contribution in [3.63, 3.8) is 0 Å². The zero-order chi connectivity index (χ0) is 23.1. The van der Waals surface area contributed by atoms with E-state index < -0.39 is 17.4 Å². The van der Waals surface area contributed by atoms with Crippen molar-refractivity contribution in [3.05, 3.63) is 71.8 Å². The molecule has 7 nitrogen and oxygen atoms in total. The third-order valence-electron chi connectivity index (χ3n) is 5.97. The van der Waals surface area contributed by atoms with Crippen LogP contribution in [0.5, 0.6) is 0 Å². The van der Waals surface area contributed by atoms with Crippen molar-refractivity contribution in [2.75, 3.05) is 18.8 Å². The summed E-state index contributed by atoms with van der Waals surface area (Å²) in [6, 6.07) is 16.2. The monoisotopic (exact) mass is 435 g/mol. The van der Waals surface area contributed by atoms with Gasteiger partial charge in [0.1, 0.15) is 0 Å². The average Bonchev–Trinajstić information content (AvgIpc) is 3.05. The van der Waals surface area contributed by atoms with E-state index in [1.165, 1.54) is 11.0 Å². The van der Waals surface area contributed by atoms with E-state index in [9.17, 15) is 19.5 Å². The molecule has 0 aliphatic carbocycles. The van der Waals surface area contributed by atoms with Crippen LogP contribution in [0.4, 0.5) is 5.69 Å². The van der Waals surface area contributed by atoms with Crippen LogP contribution < -0.4 is 11.5 Å². The summed E-state index contributed by atoms with van der Waals surface area (Å²) in [6.45, 7) is 0.250. The second-order valence-corrected chi connectivity index (χ2v) is 8.26. The van der Waals surface area contributed by atoms with Gasteiger partial charge in [0.05, 0.1) is 17.9 Å². The molecule has 1 saturated heterocycles. The zero-order valence-electron chi connectivity index (χ0n) is 17.9. The fourth-order valence-electron chi connectivity index (χ4n) is 4.20. The van der Waals surface area contributed by atoms with Gasteiger partial charge in [-0.2, -0.15) is 0 Å². The van der Waals surface area contributed by atoms with Crippen LogP contribution in [0.2, 0.25) is 0 Å². The Kier molecular flexibility index (Phi) is 7.43. The number of rotatable bonds is 10. The maximum absolute atomic E-state index is 13.3. The first-order valence-electron chi connectivity index (χ1n) is 10.7. The minimum absolute atomic E-state index is 0.102. The molecule has 168 valence electrons. The van der Waals surface area contributed by atoms with Crippen molar-refractivity contribution in [3.8, 4) is 0 Å². The van der Waals surface area contributed by atoms with Crippen LogP contribution in [-0.2, 0) is 20.8 Å². The first-order valence-corrected chi connectivity index (χ1v) is 10.7. The Bertz CT molecular complexity index is 988. The molecule has 2 aromatic rings. The average molecular weight is 436 g/mol. The summed E-state index contributed by atoms with van der Waals surface area (Å²) in [5.74, 6) is -1.69. The van der Waals surface area contributed by atoms with Crippen LogP contribution in [0.3, 0.4) is 0 Å². The van der Waals surface area contributed by atoms with Crippen LogP contribution in [-0.4, -0.2) is 46.8 Å². The van der Waals surface area contributed by atoms with E-state index in [1.807, 2.05) is 30.3 Å². The first-order chi connectivity index (χ1) is 15.3. The smallest absolute Gasteiger partial charge is 0.304 e. The number of hydrogen-bond donors (Lipinski definition) is 3. The van der Waals surface area contributed by atoms with E-state index in [1.54, 1.807) is 30.3 Å². The van der Waals surface area contributed by atoms with E-state index in [-0.39, 0.29) is 31.1 Å². The lowest BCUT2D eigenvalue weighted by atomic mass is 9.81. The zero-order valence-corrected chi connectivity index (χ0v) is 17.9. The third-order valence-corrected chi connectivity index (χ3v) is 5.97. The van der Waals surface area contributed by atoms with E-state index in [4.69, 9.17) is 11.5 Å². The molecule has 7 heteroatoms. The molecule has 0 unspecified atom stereocenters. The maximum Gasteiger partial charge on any atom is 0.304 e. The molecule has 1 aliphatic heterocycles. The summed E-state index contributed by atoms with van der Waals surface area (Å²) in [6.07, 6.45) is 4.25. The molecule has 0 aromatic heterocycles. The SMILES string of the molecule is NC[C@@]1(CC(=O)O)C[C@@H](C(=O)C=Cc2ccc(N)cc2)N(CCCc2ccccc2)C1=O. The van der Waals surface area contributed by atoms with Gasteiger partial charge in [-0.3, -0.25) is 14.4 Å². The number of ketones is 1. The summed E-state index contributed by atoms with van der Waals surface area (Å²) in [5.41, 5.74) is 12.9. The Balaban J connectivity index is 1.78. The number of carbonyl (C=O) groups is 3. The molecule has 1 amide bonds. The van der Waals surface area contributed by atoms with Crippen LogP contribution in [0.1, 0.15) is 30.4 Å². The van der Waals surface area contributed by atoms with E-state index in [0.717, 1.165) is 17.5 Å². The predicted octanol–water partition coefficient (Wildman–Crippen LogP) is 2.50. The number of nitrogens with zero attached hydrogens (tertiary/aromatic N) is 1. The molecule has 0 radical (unpaired) electrons. The van der Waals surface area contributed by atoms with Crippen molar-refractivity contribution >= 4 is 29.4 Å². The Morgan fingerprint density at radius 1 is 1.12 bits per heavy atom. The number of aryl methyl sites for hydroxylation is 1. The van der Waals surface area contributed by atoms with Gasteiger partial charge in [-0.05, 0) is 48.6 Å². The summed E-state index contributed by atoms with van der Waals surface area (Å²) < 4.78 is 0. The number of anilines is 1. The molecule has 1 fully saturated rings. The highest BCUT2D eigenvalue weighted by atomic mass is 16.4. The Labute approximate surface area is 187 Å². The highest BCUT2D eigenvalue weighted by Crippen LogP contribution is 2.39. The molecule has 1 aliphatic rings. The lowest BCUT2D eigenvalue weighted by Gasteiger charge is -2.25. The third kappa shape index (κ3) is 5.42. The fraction of sp³-hybridized carbons (Fsp3) is 0.320. The molecule has 32 heavy (non-hydrogen) atoms. The summed E-state index contributed by atoms with van der Waals surface area (Å²) in [5, 5.41) is 9.36. The number of nitrogens with two attached hydrogens (primary N) is 2. The standard InChI is InChI=1S/C25H29N3O4/c26-17-25(16-23(30)31)15-21(22(29)13-10-19-8-11-20(27)12-9-19)28(24(25)32)14-4-7-18-5-2-1-3-6-18/h1-3,5-6,8-13,21H,4,7,14-17,26-27H2,(H,30,31)/t21-,25-/m0/s1. The summed E-state index contributed by atoms with van der Waals surface area (Å²) in [7, 11) is 0. The maximum atomic E-state index is 13.3. The lowest BCUT2D eigenvalue weighted by Crippen LogP contribution is -2.43. The van der Waals surface area contributed by atoms with Gasteiger partial charge in [0.2, 0.25) is 5.91 Å². The summed E-state index contributed by atoms with van der Waals surface area (Å²) >= 11 is 0. The Hall–Kier alpha value is -3.45. The second-order valence-electron chi connectivity index (χ2n) is 8.26. The van der Waals surface area contributed by atoms with E-state index in [0.29, 0.717) is 18.7 Å². The number of benzene rings is 2. The largest absolute Gasteiger partial charge is 0.481 e. The molecule has 0 bridgehead atoms. The Morgan fingerprint density at radius 3 is 2.44 bits per heavy atom. The van der Waals surface area contributed by atoms with Gasteiger partial charge >= 0.3 is 5.97 Å². The molecule has 3 rings (SSSR count). The van der Waals surface area contributed by atoms with Crippen LogP contribution in [0.25, 0.3) is 6.08 Å². The number of carboxylic acid groups (broad SMARTS) is 1. The van der Waals surface area contributed by atoms with Crippen molar-refractivity contribution in [2.45, 2.75) is 31.7 Å². The van der Waals surface area contributed by atoms with E-state index in [2.05, 4.69) is 0 Å². The number of carboxylic acids is 1. The van der Waals surface area contributed by atoms with Gasteiger partial charge in [-0.25, -0.2) is 0 Å². The van der Waals surface area contributed by atoms with Crippen molar-refractivity contribution < 1.29 is 19.5 Å². The van der Waals surface area contributed by atoms with Gasteiger partial charge in [0.25, 0.3) is 0 Å². The molecular formula is C25H29N3O4. The second kappa shape index (κ2) is 10.2. The highest BCUT2D eigenvalue weighted by molar-refractivity contribution is 6.03. The molecule has 0 saturated carbocycles. The number of likely N-dealkylation sites (tertiary alicyclic amines) is 1. The minimum Gasteiger partial charge on any atom is -0.481 e. The van der Waals surface area contributed by atoms with Gasteiger partial charge in [0, 0.05) is 18.8 Å². The Morgan fingerprint density at radius 2 is 1.81 bits per heavy atom. The van der Waals surface area contributed by atoms with Crippen LogP contribution in [0.15, 0.2) is 60.7 Å². The number of aliphatic carboxylic acids is 1. The molecule has 5 N–H and O–H groups in total. The van der Waals surface area contributed by atoms with Gasteiger partial charge in [0.15, 0.2) is 5.78 Å². The highest BCUT2D eigenvalue weighted by Gasteiger charge is 2.53. The van der Waals surface area contributed by atoms with Crippen molar-refractivity contribution in [1.82, 2.24) is 4.90 Å². The van der Waals surface area contributed by atoms with Crippen LogP contribution in [0, 0.1) is 5.41 Å². The number of nitrogen functional groups attached to an aromatic ring is 1. The molecule has 2 aromatic carbocycles. The summed E-state index contributed by atoms with van der Waals surface area (Å²) in [4.78, 5) is 39.3. The van der Waals surface area contributed by atoms with Gasteiger partial charge in [-0.15, -0.1) is 0 Å². The predicted molar refractivity (Wildman–Crippen MR) is 124 cm³/mol. The molecular weight excluding hydrogens is 406 g/mol. The minimum atomic E-state index is -1.26. The molecule has 1 heterocycles.